The zero-order chi connectivity index (χ0) is 17.5. The number of halogens is 1. The number of methoxy groups -OCH3 is 2. The Morgan fingerprint density at radius 2 is 1.88 bits per heavy atom. The van der Waals surface area contributed by atoms with Gasteiger partial charge in [-0.05, 0) is 30.3 Å². The first kappa shape index (κ1) is 17.6. The van der Waals surface area contributed by atoms with E-state index in [0.717, 1.165) is 0 Å². The molecule has 126 valence electrons. The summed E-state index contributed by atoms with van der Waals surface area (Å²) in [5.74, 6) is 0.293. The van der Waals surface area contributed by atoms with Crippen molar-refractivity contribution in [2.45, 2.75) is 0 Å². The Morgan fingerprint density at radius 1 is 1.08 bits per heavy atom. The van der Waals surface area contributed by atoms with Crippen molar-refractivity contribution in [2.75, 3.05) is 26.1 Å². The second-order valence-electron chi connectivity index (χ2n) is 4.81. The molecule has 24 heavy (non-hydrogen) atoms. The molecule has 0 spiro atoms. The van der Waals surface area contributed by atoms with Crippen molar-refractivity contribution in [3.05, 3.63) is 53.1 Å². The third-order valence-corrected chi connectivity index (χ3v) is 3.41. The maximum atomic E-state index is 12.0. The van der Waals surface area contributed by atoms with E-state index in [0.29, 0.717) is 27.8 Å². The highest BCUT2D eigenvalue weighted by molar-refractivity contribution is 6.31. The summed E-state index contributed by atoms with van der Waals surface area (Å²) >= 11 is 5.84. The molecular weight excluding hydrogens is 332 g/mol. The Balaban J connectivity index is 1.97. The number of amides is 2. The topological polar surface area (TPSA) is 76.7 Å². The molecule has 0 aromatic heterocycles. The van der Waals surface area contributed by atoms with Crippen molar-refractivity contribution >= 4 is 29.1 Å². The lowest BCUT2D eigenvalue weighted by Gasteiger charge is -2.12. The molecule has 2 amide bonds. The van der Waals surface area contributed by atoms with Gasteiger partial charge in [-0.15, -0.1) is 0 Å². The first-order valence-electron chi connectivity index (χ1n) is 7.09. The van der Waals surface area contributed by atoms with Crippen molar-refractivity contribution in [3.63, 3.8) is 0 Å². The number of nitrogens with one attached hydrogen (secondary N) is 2. The number of ether oxygens (including phenoxy) is 2. The average Bonchev–Trinajstić information content (AvgIpc) is 2.59. The molecule has 2 aromatic carbocycles. The van der Waals surface area contributed by atoms with Crippen LogP contribution < -0.4 is 20.1 Å². The molecule has 6 nitrogen and oxygen atoms in total. The SMILES string of the molecule is COc1ccc(OC)c(NC(=O)CNC(=O)c2cccc(Cl)c2)c1. The third-order valence-electron chi connectivity index (χ3n) is 3.18. The van der Waals surface area contributed by atoms with Crippen LogP contribution in [-0.4, -0.2) is 32.6 Å². The molecular formula is C17H17ClN2O4. The van der Waals surface area contributed by atoms with Gasteiger partial charge in [-0.25, -0.2) is 0 Å². The monoisotopic (exact) mass is 348 g/mol. The molecule has 0 aliphatic carbocycles. The zero-order valence-electron chi connectivity index (χ0n) is 13.3. The molecule has 2 rings (SSSR count). The summed E-state index contributed by atoms with van der Waals surface area (Å²) in [5.41, 5.74) is 0.841. The van der Waals surface area contributed by atoms with E-state index in [9.17, 15) is 9.59 Å². The van der Waals surface area contributed by atoms with Crippen LogP contribution in [0.5, 0.6) is 11.5 Å². The number of rotatable bonds is 6. The van der Waals surface area contributed by atoms with Gasteiger partial charge < -0.3 is 20.1 Å². The number of benzene rings is 2. The molecule has 0 heterocycles. The molecule has 0 saturated heterocycles. The zero-order valence-corrected chi connectivity index (χ0v) is 14.0. The lowest BCUT2D eigenvalue weighted by atomic mass is 10.2. The number of hydrogen-bond donors (Lipinski definition) is 2. The predicted molar refractivity (Wildman–Crippen MR) is 92.0 cm³/mol. The van der Waals surface area contributed by atoms with Gasteiger partial charge >= 0.3 is 0 Å². The van der Waals surface area contributed by atoms with Crippen LogP contribution in [0.15, 0.2) is 42.5 Å². The fourth-order valence-corrected chi connectivity index (χ4v) is 2.19. The van der Waals surface area contributed by atoms with E-state index < -0.39 is 5.91 Å². The first-order valence-corrected chi connectivity index (χ1v) is 7.47. The molecule has 0 radical (unpaired) electrons. The van der Waals surface area contributed by atoms with Crippen molar-refractivity contribution < 1.29 is 19.1 Å². The minimum Gasteiger partial charge on any atom is -0.497 e. The Bertz CT molecular complexity index is 749. The number of carbonyl (C=O) groups excluding carboxylic acids is 2. The molecule has 0 saturated carbocycles. The van der Waals surface area contributed by atoms with Crippen LogP contribution in [0.4, 0.5) is 5.69 Å². The van der Waals surface area contributed by atoms with E-state index in [1.54, 1.807) is 36.4 Å². The number of anilines is 1. The van der Waals surface area contributed by atoms with E-state index in [1.807, 2.05) is 0 Å². The highest BCUT2D eigenvalue weighted by Crippen LogP contribution is 2.28. The highest BCUT2D eigenvalue weighted by atomic mass is 35.5. The van der Waals surface area contributed by atoms with E-state index in [1.165, 1.54) is 20.3 Å². The molecule has 2 N–H and O–H groups in total. The van der Waals surface area contributed by atoms with Gasteiger partial charge in [-0.3, -0.25) is 9.59 Å². The van der Waals surface area contributed by atoms with Gasteiger partial charge in [0.05, 0.1) is 26.5 Å². The minimum absolute atomic E-state index is 0.189. The standard InChI is InChI=1S/C17H17ClN2O4/c1-23-13-6-7-15(24-2)14(9-13)20-16(21)10-19-17(22)11-4-3-5-12(18)8-11/h3-9H,10H2,1-2H3,(H,19,22)(H,20,21). The van der Waals surface area contributed by atoms with Crippen molar-refractivity contribution in [2.24, 2.45) is 0 Å². The largest absolute Gasteiger partial charge is 0.497 e. The maximum absolute atomic E-state index is 12.0. The fraction of sp³-hybridized carbons (Fsp3) is 0.176. The summed E-state index contributed by atoms with van der Waals surface area (Å²) in [7, 11) is 3.02. The van der Waals surface area contributed by atoms with Crippen molar-refractivity contribution in [1.82, 2.24) is 5.32 Å². The van der Waals surface area contributed by atoms with Gasteiger partial charge in [0.1, 0.15) is 11.5 Å². The highest BCUT2D eigenvalue weighted by Gasteiger charge is 2.11. The first-order chi connectivity index (χ1) is 11.5. The molecule has 0 aliphatic rings. The van der Waals surface area contributed by atoms with Gasteiger partial charge in [0.25, 0.3) is 5.91 Å². The molecule has 0 aliphatic heterocycles. The molecule has 2 aromatic rings. The Kier molecular flexibility index (Phi) is 6.03. The Hall–Kier alpha value is -2.73. The van der Waals surface area contributed by atoms with Gasteiger partial charge in [0, 0.05) is 16.7 Å². The molecule has 0 unspecified atom stereocenters. The molecule has 0 fully saturated rings. The lowest BCUT2D eigenvalue weighted by Crippen LogP contribution is -2.32. The molecule has 0 atom stereocenters. The van der Waals surface area contributed by atoms with Crippen LogP contribution in [0.25, 0.3) is 0 Å². The van der Waals surface area contributed by atoms with E-state index in [2.05, 4.69) is 10.6 Å². The maximum Gasteiger partial charge on any atom is 0.251 e. The molecule has 7 heteroatoms. The smallest absolute Gasteiger partial charge is 0.251 e. The third kappa shape index (κ3) is 4.63. The number of carbonyl (C=O) groups is 2. The Labute approximate surface area is 144 Å². The van der Waals surface area contributed by atoms with Crippen LogP contribution in [0, 0.1) is 0 Å². The second-order valence-corrected chi connectivity index (χ2v) is 5.24. The fourth-order valence-electron chi connectivity index (χ4n) is 2.00. The number of hydrogen-bond acceptors (Lipinski definition) is 4. The van der Waals surface area contributed by atoms with Gasteiger partial charge in [-0.2, -0.15) is 0 Å². The summed E-state index contributed by atoms with van der Waals surface area (Å²) in [4.78, 5) is 24.0. The summed E-state index contributed by atoms with van der Waals surface area (Å²) in [6.07, 6.45) is 0. The summed E-state index contributed by atoms with van der Waals surface area (Å²) in [6.45, 7) is -0.189. The summed E-state index contributed by atoms with van der Waals surface area (Å²) in [6, 6.07) is 11.5. The van der Waals surface area contributed by atoms with Crippen LogP contribution in [0.1, 0.15) is 10.4 Å². The van der Waals surface area contributed by atoms with Crippen molar-refractivity contribution in [3.8, 4) is 11.5 Å². The Morgan fingerprint density at radius 3 is 2.54 bits per heavy atom. The predicted octanol–water partition coefficient (Wildman–Crippen LogP) is 2.73. The van der Waals surface area contributed by atoms with Gasteiger partial charge in [0.2, 0.25) is 5.91 Å². The summed E-state index contributed by atoms with van der Waals surface area (Å²) in [5, 5.41) is 5.65. The van der Waals surface area contributed by atoms with Gasteiger partial charge in [0.15, 0.2) is 0 Å². The second kappa shape index (κ2) is 8.21. The lowest BCUT2D eigenvalue weighted by molar-refractivity contribution is -0.115. The average molecular weight is 349 g/mol. The minimum atomic E-state index is -0.392. The normalized spacial score (nSPS) is 9.96. The van der Waals surface area contributed by atoms with Gasteiger partial charge in [-0.1, -0.05) is 17.7 Å². The molecule has 0 bridgehead atoms. The van der Waals surface area contributed by atoms with Crippen LogP contribution >= 0.6 is 11.6 Å². The summed E-state index contributed by atoms with van der Waals surface area (Å²) < 4.78 is 10.3. The van der Waals surface area contributed by atoms with Crippen molar-refractivity contribution in [1.29, 1.82) is 0 Å². The van der Waals surface area contributed by atoms with Crippen LogP contribution in [0.3, 0.4) is 0 Å². The van der Waals surface area contributed by atoms with Crippen LogP contribution in [0.2, 0.25) is 5.02 Å². The van der Waals surface area contributed by atoms with E-state index in [-0.39, 0.29) is 12.5 Å². The quantitative estimate of drug-likeness (QED) is 0.841. The van der Waals surface area contributed by atoms with E-state index in [4.69, 9.17) is 21.1 Å². The van der Waals surface area contributed by atoms with Crippen LogP contribution in [-0.2, 0) is 4.79 Å². The van der Waals surface area contributed by atoms with E-state index >= 15 is 0 Å².